The summed E-state index contributed by atoms with van der Waals surface area (Å²) in [7, 11) is 0. The Morgan fingerprint density at radius 2 is 1.58 bits per heavy atom. The van der Waals surface area contributed by atoms with Crippen LogP contribution in [-0.4, -0.2) is 16.7 Å². The van der Waals surface area contributed by atoms with Gasteiger partial charge in [0.2, 0.25) is 0 Å². The predicted molar refractivity (Wildman–Crippen MR) is 91.5 cm³/mol. The molecule has 0 aliphatic carbocycles. The fraction of sp³-hybridized carbons (Fsp3) is 0.125. The largest absolute Gasteiger partial charge is 0.284 e. The summed E-state index contributed by atoms with van der Waals surface area (Å²) in [6, 6.07) is 10.9. The number of carbonyl (C=O) groups excluding carboxylic acids is 2. The maximum atomic E-state index is 12.0. The minimum Gasteiger partial charge on any atom is -0.267 e. The first-order valence-corrected chi connectivity index (χ1v) is 7.85. The fourth-order valence-electron chi connectivity index (χ4n) is 1.94. The van der Waals surface area contributed by atoms with Gasteiger partial charge in [-0.05, 0) is 52.2 Å². The number of aryl methyl sites for hydroxylation is 1. The third kappa shape index (κ3) is 4.17. The minimum absolute atomic E-state index is 0.0616. The third-order valence-corrected chi connectivity index (χ3v) is 3.99. The number of nitro groups is 1. The van der Waals surface area contributed by atoms with Gasteiger partial charge in [0.05, 0.1) is 9.40 Å². The Morgan fingerprint density at radius 3 is 2.12 bits per heavy atom. The maximum absolute atomic E-state index is 12.0. The minimum atomic E-state index is -0.649. The van der Waals surface area contributed by atoms with Crippen molar-refractivity contribution < 1.29 is 14.5 Å². The zero-order valence-corrected chi connectivity index (χ0v) is 14.3. The Balaban J connectivity index is 2.03. The molecule has 0 fully saturated rings. The second-order valence-corrected chi connectivity index (χ2v) is 5.74. The van der Waals surface area contributed by atoms with E-state index in [1.165, 1.54) is 12.1 Å². The van der Waals surface area contributed by atoms with Gasteiger partial charge in [-0.25, -0.2) is 0 Å². The van der Waals surface area contributed by atoms with Gasteiger partial charge in [0, 0.05) is 17.2 Å². The number of nitro benzene ring substituents is 1. The van der Waals surface area contributed by atoms with E-state index in [1.807, 2.05) is 19.1 Å². The van der Waals surface area contributed by atoms with Gasteiger partial charge in [0.15, 0.2) is 0 Å². The number of hydrogen-bond donors (Lipinski definition) is 2. The lowest BCUT2D eigenvalue weighted by Crippen LogP contribution is -2.41. The Kier molecular flexibility index (Phi) is 5.64. The van der Waals surface area contributed by atoms with Gasteiger partial charge in [0.25, 0.3) is 17.5 Å². The second-order valence-electron chi connectivity index (χ2n) is 4.88. The van der Waals surface area contributed by atoms with E-state index in [0.29, 0.717) is 5.56 Å². The van der Waals surface area contributed by atoms with Crippen LogP contribution in [0.5, 0.6) is 0 Å². The van der Waals surface area contributed by atoms with Crippen molar-refractivity contribution in [3.8, 4) is 0 Å². The van der Waals surface area contributed by atoms with Crippen molar-refractivity contribution in [2.75, 3.05) is 0 Å². The Hall–Kier alpha value is -2.74. The van der Waals surface area contributed by atoms with Gasteiger partial charge >= 0.3 is 0 Å². The predicted octanol–water partition coefficient (Wildman–Crippen LogP) is 2.99. The standard InChI is InChI=1S/C16H14BrN3O4/c1-2-10-3-5-11(6-4-10)15(21)18-19-16(22)12-7-8-13(17)14(9-12)20(23)24/h3-9H,2H2,1H3,(H,18,21)(H,19,22). The number of carbonyl (C=O) groups is 2. The molecule has 0 aliphatic heterocycles. The lowest BCUT2D eigenvalue weighted by Gasteiger charge is -2.08. The highest BCUT2D eigenvalue weighted by molar-refractivity contribution is 9.10. The van der Waals surface area contributed by atoms with Gasteiger partial charge in [-0.2, -0.15) is 0 Å². The molecule has 24 heavy (non-hydrogen) atoms. The Morgan fingerprint density at radius 1 is 1.04 bits per heavy atom. The van der Waals surface area contributed by atoms with Crippen LogP contribution in [0.2, 0.25) is 0 Å². The van der Waals surface area contributed by atoms with Crippen molar-refractivity contribution in [2.24, 2.45) is 0 Å². The van der Waals surface area contributed by atoms with Crippen molar-refractivity contribution >= 4 is 33.4 Å². The number of amides is 2. The molecular formula is C16H14BrN3O4. The summed E-state index contributed by atoms with van der Waals surface area (Å²) in [6.07, 6.45) is 0.862. The average Bonchev–Trinajstić information content (AvgIpc) is 2.59. The molecule has 2 aromatic rings. The summed E-state index contributed by atoms with van der Waals surface area (Å²) in [5.41, 5.74) is 5.83. The summed E-state index contributed by atoms with van der Waals surface area (Å²) in [4.78, 5) is 34.2. The van der Waals surface area contributed by atoms with Gasteiger partial charge in [-0.15, -0.1) is 0 Å². The number of benzene rings is 2. The van der Waals surface area contributed by atoms with Crippen LogP contribution < -0.4 is 10.9 Å². The Labute approximate surface area is 146 Å². The zero-order valence-electron chi connectivity index (χ0n) is 12.7. The quantitative estimate of drug-likeness (QED) is 0.617. The molecule has 0 aromatic heterocycles. The van der Waals surface area contributed by atoms with Crippen LogP contribution in [0.3, 0.4) is 0 Å². The van der Waals surface area contributed by atoms with E-state index in [4.69, 9.17) is 0 Å². The molecule has 2 amide bonds. The van der Waals surface area contributed by atoms with Crippen LogP contribution in [0, 0.1) is 10.1 Å². The summed E-state index contributed by atoms with van der Waals surface area (Å²) >= 11 is 3.04. The molecular weight excluding hydrogens is 378 g/mol. The molecule has 7 nitrogen and oxygen atoms in total. The number of rotatable bonds is 4. The average molecular weight is 392 g/mol. The van der Waals surface area contributed by atoms with E-state index in [0.717, 1.165) is 18.1 Å². The van der Waals surface area contributed by atoms with Crippen LogP contribution in [0.4, 0.5) is 5.69 Å². The summed E-state index contributed by atoms with van der Waals surface area (Å²) in [6.45, 7) is 2.01. The van der Waals surface area contributed by atoms with Crippen molar-refractivity contribution in [1.82, 2.24) is 10.9 Å². The molecule has 0 saturated heterocycles. The number of hydrogen-bond acceptors (Lipinski definition) is 4. The van der Waals surface area contributed by atoms with Crippen molar-refractivity contribution in [3.05, 3.63) is 73.7 Å². The van der Waals surface area contributed by atoms with E-state index in [-0.39, 0.29) is 15.7 Å². The SMILES string of the molecule is CCc1ccc(C(=O)NNC(=O)c2ccc(Br)c([N+](=O)[O-])c2)cc1. The van der Waals surface area contributed by atoms with Gasteiger partial charge in [-0.3, -0.25) is 30.6 Å². The first-order valence-electron chi connectivity index (χ1n) is 7.06. The van der Waals surface area contributed by atoms with Crippen LogP contribution in [0.1, 0.15) is 33.2 Å². The van der Waals surface area contributed by atoms with E-state index in [9.17, 15) is 19.7 Å². The van der Waals surface area contributed by atoms with Gasteiger partial charge in [0.1, 0.15) is 0 Å². The highest BCUT2D eigenvalue weighted by Gasteiger charge is 2.16. The maximum Gasteiger partial charge on any atom is 0.284 e. The second kappa shape index (κ2) is 7.69. The van der Waals surface area contributed by atoms with E-state index in [1.54, 1.807) is 12.1 Å². The van der Waals surface area contributed by atoms with Gasteiger partial charge < -0.3 is 0 Å². The molecule has 2 rings (SSSR count). The zero-order chi connectivity index (χ0) is 17.7. The molecule has 0 unspecified atom stereocenters. The van der Waals surface area contributed by atoms with Crippen molar-refractivity contribution in [3.63, 3.8) is 0 Å². The molecule has 0 heterocycles. The van der Waals surface area contributed by atoms with Crippen molar-refractivity contribution in [1.29, 1.82) is 0 Å². The monoisotopic (exact) mass is 391 g/mol. The molecule has 0 aliphatic rings. The summed E-state index contributed by atoms with van der Waals surface area (Å²) in [5.74, 6) is -1.12. The van der Waals surface area contributed by atoms with E-state index >= 15 is 0 Å². The lowest BCUT2D eigenvalue weighted by atomic mass is 10.1. The molecule has 124 valence electrons. The topological polar surface area (TPSA) is 101 Å². The molecule has 0 spiro atoms. The first-order chi connectivity index (χ1) is 11.4. The number of halogens is 1. The Bertz CT molecular complexity index is 790. The highest BCUT2D eigenvalue weighted by atomic mass is 79.9. The fourth-order valence-corrected chi connectivity index (χ4v) is 2.33. The summed E-state index contributed by atoms with van der Waals surface area (Å²) in [5, 5.41) is 10.9. The van der Waals surface area contributed by atoms with Crippen LogP contribution in [0.25, 0.3) is 0 Å². The smallest absolute Gasteiger partial charge is 0.267 e. The highest BCUT2D eigenvalue weighted by Crippen LogP contribution is 2.25. The molecule has 0 saturated carbocycles. The van der Waals surface area contributed by atoms with Crippen LogP contribution >= 0.6 is 15.9 Å². The molecule has 0 atom stereocenters. The van der Waals surface area contributed by atoms with Crippen LogP contribution in [-0.2, 0) is 6.42 Å². The van der Waals surface area contributed by atoms with E-state index < -0.39 is 16.7 Å². The van der Waals surface area contributed by atoms with Crippen LogP contribution in [0.15, 0.2) is 46.9 Å². The normalized spacial score (nSPS) is 10.1. The molecule has 2 N–H and O–H groups in total. The lowest BCUT2D eigenvalue weighted by molar-refractivity contribution is -0.385. The molecule has 0 bridgehead atoms. The first kappa shape index (κ1) is 17.6. The van der Waals surface area contributed by atoms with Crippen molar-refractivity contribution in [2.45, 2.75) is 13.3 Å². The molecule has 8 heteroatoms. The number of hydrazine groups is 1. The summed E-state index contributed by atoms with van der Waals surface area (Å²) < 4.78 is 0.268. The molecule has 2 aromatic carbocycles. The van der Waals surface area contributed by atoms with E-state index in [2.05, 4.69) is 26.8 Å². The van der Waals surface area contributed by atoms with Gasteiger partial charge in [-0.1, -0.05) is 19.1 Å². The number of nitrogens with one attached hydrogen (secondary N) is 2. The third-order valence-electron chi connectivity index (χ3n) is 3.32. The number of nitrogens with zero attached hydrogens (tertiary/aromatic N) is 1. The molecule has 0 radical (unpaired) electrons.